The number of rotatable bonds is 10. The molecule has 0 aliphatic carbocycles. The highest BCUT2D eigenvalue weighted by Gasteiger charge is 2.48. The SMILES string of the molecule is CCCCCN(C)C(=O)CN1CC(c2ccc3c(c2)OCO3)[C@H](C(=O)O)[C@H]1c1ccc(OC)cc1. The molecule has 2 aromatic rings. The van der Waals surface area contributed by atoms with Crippen LogP contribution in [-0.4, -0.2) is 67.4 Å². The fourth-order valence-corrected chi connectivity index (χ4v) is 5.09. The van der Waals surface area contributed by atoms with Gasteiger partial charge in [0.1, 0.15) is 5.75 Å². The lowest BCUT2D eigenvalue weighted by Gasteiger charge is -2.28. The van der Waals surface area contributed by atoms with Crippen LogP contribution in [0.25, 0.3) is 0 Å². The fourth-order valence-electron chi connectivity index (χ4n) is 5.09. The number of likely N-dealkylation sites (N-methyl/N-ethyl adjacent to an activating group) is 1. The third-order valence-corrected chi connectivity index (χ3v) is 7.03. The molecule has 0 bridgehead atoms. The van der Waals surface area contributed by atoms with Crippen LogP contribution in [0.4, 0.5) is 0 Å². The summed E-state index contributed by atoms with van der Waals surface area (Å²) in [5.74, 6) is 0.0391. The molecule has 1 N–H and O–H groups in total. The van der Waals surface area contributed by atoms with Gasteiger partial charge in [0.25, 0.3) is 0 Å². The Bertz CT molecular complexity index is 1040. The molecule has 188 valence electrons. The summed E-state index contributed by atoms with van der Waals surface area (Å²) in [6, 6.07) is 12.6. The predicted molar refractivity (Wildman–Crippen MR) is 131 cm³/mol. The zero-order valence-electron chi connectivity index (χ0n) is 20.6. The molecular weight excluding hydrogens is 448 g/mol. The Morgan fingerprint density at radius 3 is 2.49 bits per heavy atom. The first-order valence-corrected chi connectivity index (χ1v) is 12.2. The number of benzene rings is 2. The van der Waals surface area contributed by atoms with Crippen LogP contribution in [-0.2, 0) is 9.59 Å². The van der Waals surface area contributed by atoms with Gasteiger partial charge >= 0.3 is 5.97 Å². The molecule has 2 aromatic carbocycles. The number of carboxylic acids is 1. The molecule has 35 heavy (non-hydrogen) atoms. The highest BCUT2D eigenvalue weighted by Crippen LogP contribution is 2.47. The van der Waals surface area contributed by atoms with E-state index in [0.29, 0.717) is 30.3 Å². The van der Waals surface area contributed by atoms with E-state index in [9.17, 15) is 14.7 Å². The van der Waals surface area contributed by atoms with Gasteiger partial charge < -0.3 is 24.2 Å². The molecule has 0 aromatic heterocycles. The Hall–Kier alpha value is -3.26. The van der Waals surface area contributed by atoms with E-state index in [2.05, 4.69) is 6.92 Å². The molecule has 1 amide bonds. The van der Waals surface area contributed by atoms with Gasteiger partial charge in [-0.15, -0.1) is 0 Å². The van der Waals surface area contributed by atoms with Crippen LogP contribution >= 0.6 is 0 Å². The lowest BCUT2D eigenvalue weighted by molar-refractivity contribution is -0.143. The zero-order valence-corrected chi connectivity index (χ0v) is 20.6. The van der Waals surface area contributed by atoms with E-state index in [1.807, 2.05) is 54.4 Å². The van der Waals surface area contributed by atoms with E-state index in [-0.39, 0.29) is 25.2 Å². The summed E-state index contributed by atoms with van der Waals surface area (Å²) >= 11 is 0. The van der Waals surface area contributed by atoms with E-state index in [4.69, 9.17) is 14.2 Å². The summed E-state index contributed by atoms with van der Waals surface area (Å²) in [6.07, 6.45) is 3.12. The van der Waals surface area contributed by atoms with Crippen molar-refractivity contribution in [2.24, 2.45) is 5.92 Å². The maximum atomic E-state index is 13.1. The number of methoxy groups -OCH3 is 1. The molecule has 8 heteroatoms. The number of carboxylic acid groups (broad SMARTS) is 1. The largest absolute Gasteiger partial charge is 0.497 e. The Kier molecular flexibility index (Phi) is 7.80. The van der Waals surface area contributed by atoms with E-state index in [0.717, 1.165) is 30.4 Å². The Morgan fingerprint density at radius 1 is 1.09 bits per heavy atom. The number of hydrogen-bond donors (Lipinski definition) is 1. The van der Waals surface area contributed by atoms with Crippen molar-refractivity contribution >= 4 is 11.9 Å². The number of fused-ring (bicyclic) bond motifs is 1. The number of carbonyl (C=O) groups excluding carboxylic acids is 1. The first kappa shape index (κ1) is 24.9. The van der Waals surface area contributed by atoms with E-state index in [1.165, 1.54) is 0 Å². The number of unbranched alkanes of at least 4 members (excludes halogenated alkanes) is 2. The van der Waals surface area contributed by atoms with Gasteiger partial charge in [-0.1, -0.05) is 38.0 Å². The highest BCUT2D eigenvalue weighted by molar-refractivity contribution is 5.79. The van der Waals surface area contributed by atoms with Crippen molar-refractivity contribution in [2.45, 2.75) is 38.1 Å². The standard InChI is InChI=1S/C27H34N2O6/c1-4-5-6-13-28(2)24(30)16-29-15-21(19-9-12-22-23(14-19)35-17-34-22)25(27(31)32)26(29)18-7-10-20(33-3)11-8-18/h7-12,14,21,25-26H,4-6,13,15-17H2,1-3H3,(H,31,32)/t21?,25-,26+/m0/s1. The van der Waals surface area contributed by atoms with Gasteiger partial charge in [0.15, 0.2) is 11.5 Å². The lowest BCUT2D eigenvalue weighted by atomic mass is 9.82. The molecule has 1 unspecified atom stereocenters. The van der Waals surface area contributed by atoms with Gasteiger partial charge in [0.05, 0.1) is 19.6 Å². The summed E-state index contributed by atoms with van der Waals surface area (Å²) in [5, 5.41) is 10.4. The number of amides is 1. The van der Waals surface area contributed by atoms with Crippen molar-refractivity contribution in [2.75, 3.05) is 40.6 Å². The second-order valence-corrected chi connectivity index (χ2v) is 9.25. The molecule has 0 radical (unpaired) electrons. The third-order valence-electron chi connectivity index (χ3n) is 7.03. The molecule has 1 saturated heterocycles. The van der Waals surface area contributed by atoms with Gasteiger partial charge in [-0.25, -0.2) is 0 Å². The van der Waals surface area contributed by atoms with Crippen LogP contribution in [0.3, 0.4) is 0 Å². The molecule has 3 atom stereocenters. The maximum absolute atomic E-state index is 13.1. The highest BCUT2D eigenvalue weighted by atomic mass is 16.7. The monoisotopic (exact) mass is 482 g/mol. The summed E-state index contributed by atoms with van der Waals surface area (Å²) in [7, 11) is 3.42. The third kappa shape index (κ3) is 5.37. The van der Waals surface area contributed by atoms with Gasteiger partial charge in [-0.3, -0.25) is 14.5 Å². The van der Waals surface area contributed by atoms with Crippen LogP contribution in [0.5, 0.6) is 17.2 Å². The molecular formula is C27H34N2O6. The van der Waals surface area contributed by atoms with E-state index in [1.54, 1.807) is 12.0 Å². The van der Waals surface area contributed by atoms with Gasteiger partial charge in [0.2, 0.25) is 12.7 Å². The lowest BCUT2D eigenvalue weighted by Crippen LogP contribution is -2.39. The number of carbonyl (C=O) groups is 2. The average molecular weight is 483 g/mol. The first-order chi connectivity index (χ1) is 16.9. The molecule has 1 fully saturated rings. The first-order valence-electron chi connectivity index (χ1n) is 12.2. The number of ether oxygens (including phenoxy) is 3. The minimum atomic E-state index is -0.889. The maximum Gasteiger partial charge on any atom is 0.309 e. The average Bonchev–Trinajstić information content (AvgIpc) is 3.48. The Labute approximate surface area is 206 Å². The quantitative estimate of drug-likeness (QED) is 0.514. The molecule has 2 heterocycles. The summed E-state index contributed by atoms with van der Waals surface area (Å²) in [6.45, 7) is 3.59. The van der Waals surface area contributed by atoms with Crippen molar-refractivity contribution in [3.63, 3.8) is 0 Å². The van der Waals surface area contributed by atoms with Crippen LogP contribution in [0.2, 0.25) is 0 Å². The molecule has 2 aliphatic heterocycles. The molecule has 0 spiro atoms. The van der Waals surface area contributed by atoms with E-state index < -0.39 is 17.9 Å². The fraction of sp³-hybridized carbons (Fsp3) is 0.481. The topological polar surface area (TPSA) is 88.5 Å². The summed E-state index contributed by atoms with van der Waals surface area (Å²) < 4.78 is 16.3. The van der Waals surface area contributed by atoms with Gasteiger partial charge in [-0.2, -0.15) is 0 Å². The molecule has 0 saturated carbocycles. The van der Waals surface area contributed by atoms with E-state index >= 15 is 0 Å². The Balaban J connectivity index is 1.65. The minimum absolute atomic E-state index is 0.00455. The molecule has 4 rings (SSSR count). The zero-order chi connectivity index (χ0) is 24.9. The molecule has 2 aliphatic rings. The number of nitrogens with zero attached hydrogens (tertiary/aromatic N) is 2. The summed E-state index contributed by atoms with van der Waals surface area (Å²) in [5.41, 5.74) is 1.72. The van der Waals surface area contributed by atoms with Gasteiger partial charge in [-0.05, 0) is 41.8 Å². The number of hydrogen-bond acceptors (Lipinski definition) is 6. The smallest absolute Gasteiger partial charge is 0.309 e. The van der Waals surface area contributed by atoms with Crippen molar-refractivity contribution in [1.82, 2.24) is 9.80 Å². The number of likely N-dealkylation sites (tertiary alicyclic amines) is 1. The van der Waals surface area contributed by atoms with Crippen LogP contribution in [0, 0.1) is 5.92 Å². The van der Waals surface area contributed by atoms with Crippen LogP contribution in [0.15, 0.2) is 42.5 Å². The Morgan fingerprint density at radius 2 is 1.80 bits per heavy atom. The molecule has 8 nitrogen and oxygen atoms in total. The number of aliphatic carboxylic acids is 1. The van der Waals surface area contributed by atoms with Crippen LogP contribution in [0.1, 0.15) is 49.3 Å². The van der Waals surface area contributed by atoms with Crippen molar-refractivity contribution in [1.29, 1.82) is 0 Å². The van der Waals surface area contributed by atoms with Crippen molar-refractivity contribution in [3.8, 4) is 17.2 Å². The van der Waals surface area contributed by atoms with Crippen molar-refractivity contribution in [3.05, 3.63) is 53.6 Å². The normalized spacial score (nSPS) is 21.2. The van der Waals surface area contributed by atoms with Crippen molar-refractivity contribution < 1.29 is 28.9 Å². The van der Waals surface area contributed by atoms with Gasteiger partial charge in [0, 0.05) is 32.1 Å². The second kappa shape index (κ2) is 11.0. The van der Waals surface area contributed by atoms with Crippen LogP contribution < -0.4 is 14.2 Å². The predicted octanol–water partition coefficient (Wildman–Crippen LogP) is 3.91. The second-order valence-electron chi connectivity index (χ2n) is 9.25. The summed E-state index contributed by atoms with van der Waals surface area (Å²) in [4.78, 5) is 29.5. The minimum Gasteiger partial charge on any atom is -0.497 e.